The van der Waals surface area contributed by atoms with Crippen molar-refractivity contribution < 1.29 is 31.9 Å². The fourth-order valence-electron chi connectivity index (χ4n) is 3.01. The number of amides is 1. The number of halogens is 3. The van der Waals surface area contributed by atoms with Crippen molar-refractivity contribution >= 4 is 11.6 Å². The van der Waals surface area contributed by atoms with Gasteiger partial charge in [-0.15, -0.1) is 23.4 Å². The zero-order chi connectivity index (χ0) is 20.4. The number of hydrogen-bond donors (Lipinski definition) is 0. The molecule has 3 aromatic rings. The molecule has 0 bridgehead atoms. The van der Waals surface area contributed by atoms with Crippen molar-refractivity contribution in [1.29, 1.82) is 0 Å². The van der Waals surface area contributed by atoms with Crippen molar-refractivity contribution in [1.82, 2.24) is 10.2 Å². The molecule has 2 heterocycles. The summed E-state index contributed by atoms with van der Waals surface area (Å²) < 4.78 is 52.0. The molecule has 1 fully saturated rings. The lowest BCUT2D eigenvalue weighted by Gasteiger charge is -2.18. The van der Waals surface area contributed by atoms with E-state index in [1.54, 1.807) is 30.3 Å². The third-order valence-corrected chi connectivity index (χ3v) is 4.26. The van der Waals surface area contributed by atoms with Gasteiger partial charge < -0.3 is 18.8 Å². The average Bonchev–Trinajstić information content (AvgIpc) is 3.32. The molecular formula is C19H14F3N3O4. The van der Waals surface area contributed by atoms with E-state index in [9.17, 15) is 18.0 Å². The number of hydrogen-bond acceptors (Lipinski definition) is 6. The molecule has 1 amide bonds. The van der Waals surface area contributed by atoms with E-state index in [-0.39, 0.29) is 11.7 Å². The highest BCUT2D eigenvalue weighted by Gasteiger charge is 2.35. The number of carbonyl (C=O) groups excluding carboxylic acids is 1. The fourth-order valence-corrected chi connectivity index (χ4v) is 3.01. The van der Waals surface area contributed by atoms with Gasteiger partial charge in [-0.3, -0.25) is 4.79 Å². The maximum atomic E-state index is 12.7. The number of carbonyl (C=O) groups is 1. The Morgan fingerprint density at radius 3 is 2.59 bits per heavy atom. The van der Waals surface area contributed by atoms with Crippen LogP contribution in [0.25, 0.3) is 11.5 Å². The summed E-state index contributed by atoms with van der Waals surface area (Å²) in [5, 5.41) is 7.41. The van der Waals surface area contributed by atoms with Gasteiger partial charge in [0.1, 0.15) is 11.5 Å². The first-order valence-electron chi connectivity index (χ1n) is 8.59. The molecule has 1 saturated heterocycles. The van der Waals surface area contributed by atoms with Crippen LogP contribution < -0.4 is 14.4 Å². The minimum absolute atomic E-state index is 0.314. The van der Waals surface area contributed by atoms with E-state index in [1.807, 2.05) is 0 Å². The van der Waals surface area contributed by atoms with E-state index in [4.69, 9.17) is 9.15 Å². The number of aromatic nitrogens is 2. The summed E-state index contributed by atoms with van der Waals surface area (Å²) in [6.45, 7) is 0.318. The second kappa shape index (κ2) is 7.46. The standard InChI is InChI=1S/C19H14F3N3O4/c20-19(21,22)29-15-3-1-2-13(10-15)25-9-8-16(18(25)26)28-14-6-4-12(5-7-14)17-24-23-11-27-17/h1-7,10-11,16H,8-9H2/t16-/m0/s1. The van der Waals surface area contributed by atoms with Crippen molar-refractivity contribution in [2.75, 3.05) is 11.4 Å². The Morgan fingerprint density at radius 1 is 1.10 bits per heavy atom. The van der Waals surface area contributed by atoms with E-state index in [0.717, 1.165) is 0 Å². The Kier molecular flexibility index (Phi) is 4.83. The van der Waals surface area contributed by atoms with Gasteiger partial charge in [-0.25, -0.2) is 0 Å². The smallest absolute Gasteiger partial charge is 0.481 e. The van der Waals surface area contributed by atoms with Crippen molar-refractivity contribution in [2.24, 2.45) is 0 Å². The van der Waals surface area contributed by atoms with Crippen LogP contribution in [-0.4, -0.2) is 35.1 Å². The molecule has 150 valence electrons. The largest absolute Gasteiger partial charge is 0.573 e. The highest BCUT2D eigenvalue weighted by atomic mass is 19.4. The molecular weight excluding hydrogens is 391 g/mol. The second-order valence-electron chi connectivity index (χ2n) is 6.20. The molecule has 7 nitrogen and oxygen atoms in total. The second-order valence-corrected chi connectivity index (χ2v) is 6.20. The molecule has 2 aromatic carbocycles. The third kappa shape index (κ3) is 4.31. The fraction of sp³-hybridized carbons (Fsp3) is 0.211. The number of benzene rings is 2. The predicted octanol–water partition coefficient (Wildman–Crippen LogP) is 3.82. The molecule has 0 saturated carbocycles. The van der Waals surface area contributed by atoms with Gasteiger partial charge in [0.25, 0.3) is 5.91 Å². The first-order valence-corrected chi connectivity index (χ1v) is 8.59. The SMILES string of the molecule is O=C1[C@@H](Oc2ccc(-c3nnco3)cc2)CCN1c1cccc(OC(F)(F)F)c1. The van der Waals surface area contributed by atoms with Crippen LogP contribution in [-0.2, 0) is 4.79 Å². The summed E-state index contributed by atoms with van der Waals surface area (Å²) in [6.07, 6.45) is -3.92. The van der Waals surface area contributed by atoms with Gasteiger partial charge in [-0.2, -0.15) is 0 Å². The lowest BCUT2D eigenvalue weighted by Crippen LogP contribution is -2.32. The lowest BCUT2D eigenvalue weighted by atomic mass is 10.2. The first kappa shape index (κ1) is 18.8. The molecule has 29 heavy (non-hydrogen) atoms. The van der Waals surface area contributed by atoms with Gasteiger partial charge in [-0.05, 0) is 36.4 Å². The monoisotopic (exact) mass is 405 g/mol. The maximum Gasteiger partial charge on any atom is 0.573 e. The molecule has 0 N–H and O–H groups in total. The minimum Gasteiger partial charge on any atom is -0.481 e. The molecule has 1 aliphatic heterocycles. The van der Waals surface area contributed by atoms with Crippen molar-refractivity contribution in [3.05, 3.63) is 54.9 Å². The van der Waals surface area contributed by atoms with Crippen molar-refractivity contribution in [3.63, 3.8) is 0 Å². The van der Waals surface area contributed by atoms with E-state index in [1.165, 1.54) is 29.5 Å². The molecule has 4 rings (SSSR count). The van der Waals surface area contributed by atoms with Crippen molar-refractivity contribution in [3.8, 4) is 23.0 Å². The Labute approximate surface area is 162 Å². The molecule has 0 aliphatic carbocycles. The van der Waals surface area contributed by atoms with Gasteiger partial charge in [0, 0.05) is 30.3 Å². The molecule has 10 heteroatoms. The third-order valence-electron chi connectivity index (χ3n) is 4.26. The van der Waals surface area contributed by atoms with Crippen LogP contribution in [0, 0.1) is 0 Å². The van der Waals surface area contributed by atoms with Crippen LogP contribution in [0.5, 0.6) is 11.5 Å². The van der Waals surface area contributed by atoms with Gasteiger partial charge in [0.2, 0.25) is 12.3 Å². The van der Waals surface area contributed by atoms with E-state index >= 15 is 0 Å². The number of alkyl halides is 3. The molecule has 1 aliphatic rings. The number of nitrogens with zero attached hydrogens (tertiary/aromatic N) is 3. The Balaban J connectivity index is 1.43. The summed E-state index contributed by atoms with van der Waals surface area (Å²) in [5.74, 6) is 0.113. The van der Waals surface area contributed by atoms with Crippen LogP contribution in [0.3, 0.4) is 0 Å². The van der Waals surface area contributed by atoms with Crippen LogP contribution >= 0.6 is 0 Å². The molecule has 1 aromatic heterocycles. The van der Waals surface area contributed by atoms with Crippen LogP contribution in [0.1, 0.15) is 6.42 Å². The summed E-state index contributed by atoms with van der Waals surface area (Å²) in [5.41, 5.74) is 1.02. The Bertz CT molecular complexity index is 991. The van der Waals surface area contributed by atoms with Gasteiger partial charge in [0.15, 0.2) is 6.10 Å². The Morgan fingerprint density at radius 2 is 1.90 bits per heavy atom. The van der Waals surface area contributed by atoms with Crippen LogP contribution in [0.15, 0.2) is 59.3 Å². The molecule has 0 unspecified atom stereocenters. The first-order chi connectivity index (χ1) is 13.9. The van der Waals surface area contributed by atoms with Crippen LogP contribution in [0.2, 0.25) is 0 Å². The topological polar surface area (TPSA) is 77.7 Å². The van der Waals surface area contributed by atoms with E-state index in [0.29, 0.717) is 35.9 Å². The Hall–Kier alpha value is -3.56. The highest BCUT2D eigenvalue weighted by Crippen LogP contribution is 2.30. The normalized spacial score (nSPS) is 16.9. The molecule has 1 atom stereocenters. The zero-order valence-corrected chi connectivity index (χ0v) is 14.8. The zero-order valence-electron chi connectivity index (χ0n) is 14.8. The van der Waals surface area contributed by atoms with Gasteiger partial charge in [0.05, 0.1) is 0 Å². The molecule has 0 spiro atoms. The van der Waals surface area contributed by atoms with Crippen LogP contribution in [0.4, 0.5) is 18.9 Å². The summed E-state index contributed by atoms with van der Waals surface area (Å²) in [6, 6.07) is 12.1. The maximum absolute atomic E-state index is 12.7. The average molecular weight is 405 g/mol. The van der Waals surface area contributed by atoms with E-state index in [2.05, 4.69) is 14.9 Å². The molecule has 0 radical (unpaired) electrons. The number of anilines is 1. The van der Waals surface area contributed by atoms with E-state index < -0.39 is 12.5 Å². The summed E-state index contributed by atoms with van der Waals surface area (Å²) in [4.78, 5) is 14.0. The predicted molar refractivity (Wildman–Crippen MR) is 94.2 cm³/mol. The quantitative estimate of drug-likeness (QED) is 0.642. The summed E-state index contributed by atoms with van der Waals surface area (Å²) in [7, 11) is 0. The summed E-state index contributed by atoms with van der Waals surface area (Å²) >= 11 is 0. The minimum atomic E-state index is -4.80. The highest BCUT2D eigenvalue weighted by molar-refractivity contribution is 5.99. The van der Waals surface area contributed by atoms with Gasteiger partial charge >= 0.3 is 6.36 Å². The number of rotatable bonds is 5. The van der Waals surface area contributed by atoms with Crippen molar-refractivity contribution in [2.45, 2.75) is 18.9 Å². The van der Waals surface area contributed by atoms with Gasteiger partial charge in [-0.1, -0.05) is 6.07 Å². The number of ether oxygens (including phenoxy) is 2. The lowest BCUT2D eigenvalue weighted by molar-refractivity contribution is -0.274.